The maximum absolute atomic E-state index is 12.4. The van der Waals surface area contributed by atoms with Crippen molar-refractivity contribution < 1.29 is 24.4 Å². The van der Waals surface area contributed by atoms with Gasteiger partial charge < -0.3 is 15.7 Å². The van der Waals surface area contributed by atoms with Gasteiger partial charge in [0.2, 0.25) is 0 Å². The minimum atomic E-state index is -1.26. The van der Waals surface area contributed by atoms with Crippen molar-refractivity contribution in [3.8, 4) is 0 Å². The van der Waals surface area contributed by atoms with E-state index in [9.17, 15) is 24.5 Å². The Labute approximate surface area is 163 Å². The maximum Gasteiger partial charge on any atom is 0.322 e. The van der Waals surface area contributed by atoms with Crippen LogP contribution in [0.3, 0.4) is 0 Å². The van der Waals surface area contributed by atoms with Gasteiger partial charge in [0, 0.05) is 12.1 Å². The summed E-state index contributed by atoms with van der Waals surface area (Å²) in [5.74, 6) is -2.79. The minimum Gasteiger partial charge on any atom is -0.480 e. The van der Waals surface area contributed by atoms with Crippen molar-refractivity contribution in [3.05, 3.63) is 80.5 Å². The number of hydrogen-bond donors (Lipinski definition) is 3. The van der Waals surface area contributed by atoms with E-state index in [0.29, 0.717) is 5.56 Å². The fraction of sp³-hybridized carbons (Fsp3) is 0.0556. The molecule has 0 aliphatic carbocycles. The van der Waals surface area contributed by atoms with Gasteiger partial charge >= 0.3 is 5.97 Å². The van der Waals surface area contributed by atoms with E-state index in [4.69, 9.17) is 16.7 Å². The van der Waals surface area contributed by atoms with Gasteiger partial charge in [0.25, 0.3) is 17.5 Å². The predicted molar refractivity (Wildman–Crippen MR) is 101 cm³/mol. The third kappa shape index (κ3) is 5.64. The Morgan fingerprint density at radius 3 is 2.32 bits per heavy atom. The fourth-order valence-electron chi connectivity index (χ4n) is 2.10. The van der Waals surface area contributed by atoms with Crippen LogP contribution in [0, 0.1) is 10.1 Å². The second-order valence-electron chi connectivity index (χ2n) is 5.42. The van der Waals surface area contributed by atoms with Crippen LogP contribution in [0.4, 0.5) is 5.69 Å². The number of carbonyl (C=O) groups excluding carboxylic acids is 2. The number of nitro benzene ring substituents is 1. The molecule has 2 rings (SSSR count). The Bertz CT molecular complexity index is 956. The van der Waals surface area contributed by atoms with Gasteiger partial charge in [-0.15, -0.1) is 0 Å². The summed E-state index contributed by atoms with van der Waals surface area (Å²) in [6, 6.07) is 11.4. The monoisotopic (exact) mass is 403 g/mol. The number of rotatable bonds is 7. The Kier molecular flexibility index (Phi) is 6.83. The highest BCUT2D eigenvalue weighted by atomic mass is 35.5. The first-order valence-electron chi connectivity index (χ1n) is 7.80. The third-order valence-corrected chi connectivity index (χ3v) is 3.76. The summed E-state index contributed by atoms with van der Waals surface area (Å²) in [6.07, 6.45) is 1.26. The van der Waals surface area contributed by atoms with E-state index in [-0.39, 0.29) is 22.0 Å². The molecular weight excluding hydrogens is 390 g/mol. The van der Waals surface area contributed by atoms with Crippen molar-refractivity contribution in [1.82, 2.24) is 10.6 Å². The summed E-state index contributed by atoms with van der Waals surface area (Å²) in [5.41, 5.74) is 0.101. The molecule has 9 nitrogen and oxygen atoms in total. The Balaban J connectivity index is 2.31. The summed E-state index contributed by atoms with van der Waals surface area (Å²) >= 11 is 5.97. The van der Waals surface area contributed by atoms with Crippen molar-refractivity contribution in [2.75, 3.05) is 6.54 Å². The first kappa shape index (κ1) is 20.6. The van der Waals surface area contributed by atoms with E-state index in [0.717, 1.165) is 0 Å². The second-order valence-corrected chi connectivity index (χ2v) is 5.82. The molecule has 0 heterocycles. The van der Waals surface area contributed by atoms with Crippen LogP contribution in [0.5, 0.6) is 0 Å². The topological polar surface area (TPSA) is 139 Å². The summed E-state index contributed by atoms with van der Waals surface area (Å²) in [6.45, 7) is -0.654. The lowest BCUT2D eigenvalue weighted by Crippen LogP contribution is -2.37. The van der Waals surface area contributed by atoms with Gasteiger partial charge in [-0.3, -0.25) is 24.5 Å². The second kappa shape index (κ2) is 9.28. The number of carboxylic acids is 1. The number of nitrogens with one attached hydrogen (secondary N) is 2. The molecule has 3 N–H and O–H groups in total. The fourth-order valence-corrected chi connectivity index (χ4v) is 2.32. The van der Waals surface area contributed by atoms with Crippen molar-refractivity contribution in [3.63, 3.8) is 0 Å². The molecule has 0 radical (unpaired) electrons. The van der Waals surface area contributed by atoms with Crippen molar-refractivity contribution >= 4 is 41.1 Å². The predicted octanol–water partition coefficient (Wildman–Crippen LogP) is 2.22. The maximum atomic E-state index is 12.4. The zero-order valence-electron chi connectivity index (χ0n) is 14.2. The van der Waals surface area contributed by atoms with Crippen LogP contribution in [0.15, 0.2) is 54.2 Å². The van der Waals surface area contributed by atoms with Crippen LogP contribution in [-0.2, 0) is 9.59 Å². The quantitative estimate of drug-likeness (QED) is 0.368. The number of nitrogens with zero attached hydrogens (tertiary/aromatic N) is 1. The lowest BCUT2D eigenvalue weighted by Gasteiger charge is -2.11. The first-order valence-corrected chi connectivity index (χ1v) is 8.17. The van der Waals surface area contributed by atoms with Gasteiger partial charge in [0.1, 0.15) is 12.2 Å². The summed E-state index contributed by atoms with van der Waals surface area (Å²) in [4.78, 5) is 45.5. The number of carboxylic acid groups (broad SMARTS) is 1. The Morgan fingerprint density at radius 2 is 1.75 bits per heavy atom. The minimum absolute atomic E-state index is 0.116. The summed E-state index contributed by atoms with van der Waals surface area (Å²) in [5, 5.41) is 24.1. The lowest BCUT2D eigenvalue weighted by atomic mass is 10.1. The van der Waals surface area contributed by atoms with Crippen molar-refractivity contribution in [1.29, 1.82) is 0 Å². The molecule has 2 aromatic carbocycles. The van der Waals surface area contributed by atoms with Crippen LogP contribution < -0.4 is 10.6 Å². The van der Waals surface area contributed by atoms with E-state index < -0.39 is 29.3 Å². The highest BCUT2D eigenvalue weighted by molar-refractivity contribution is 6.34. The standard InChI is InChI=1S/C18H14ClN3O6/c19-14-4-2-1-3-13(14)17(25)21-15(18(26)20-10-16(23)24)9-11-5-7-12(8-6-11)22(27)28/h1-9H,10H2,(H,20,26)(H,21,25)(H,23,24)/b15-9-. The van der Waals surface area contributed by atoms with Crippen LogP contribution in [-0.4, -0.2) is 34.4 Å². The molecule has 0 aromatic heterocycles. The zero-order valence-corrected chi connectivity index (χ0v) is 15.0. The SMILES string of the molecule is O=C(O)CNC(=O)/C(=C/c1ccc([N+](=O)[O-])cc1)NC(=O)c1ccccc1Cl. The number of carbonyl (C=O) groups is 3. The number of nitro groups is 1. The Hall–Kier alpha value is -3.72. The normalized spacial score (nSPS) is 10.8. The van der Waals surface area contributed by atoms with Crippen LogP contribution in [0.2, 0.25) is 5.02 Å². The van der Waals surface area contributed by atoms with Gasteiger partial charge in [-0.25, -0.2) is 0 Å². The summed E-state index contributed by atoms with van der Waals surface area (Å²) in [7, 11) is 0. The van der Waals surface area contributed by atoms with E-state index in [2.05, 4.69) is 10.6 Å². The van der Waals surface area contributed by atoms with Gasteiger partial charge in [-0.05, 0) is 35.9 Å². The number of amides is 2. The van der Waals surface area contributed by atoms with Gasteiger partial charge in [0.15, 0.2) is 0 Å². The molecule has 2 aromatic rings. The molecule has 2 amide bonds. The number of benzene rings is 2. The van der Waals surface area contributed by atoms with Crippen molar-refractivity contribution in [2.24, 2.45) is 0 Å². The van der Waals surface area contributed by atoms with Crippen LogP contribution >= 0.6 is 11.6 Å². The van der Waals surface area contributed by atoms with E-state index >= 15 is 0 Å². The van der Waals surface area contributed by atoms with Gasteiger partial charge in [0.05, 0.1) is 15.5 Å². The number of aliphatic carboxylic acids is 1. The van der Waals surface area contributed by atoms with Crippen LogP contribution in [0.1, 0.15) is 15.9 Å². The third-order valence-electron chi connectivity index (χ3n) is 3.43. The average Bonchev–Trinajstić information content (AvgIpc) is 2.66. The van der Waals surface area contributed by atoms with Gasteiger partial charge in [-0.2, -0.15) is 0 Å². The molecule has 0 bridgehead atoms. The molecule has 0 saturated carbocycles. The molecule has 0 aliphatic heterocycles. The molecule has 0 saturated heterocycles. The first-order chi connectivity index (χ1) is 13.3. The smallest absolute Gasteiger partial charge is 0.322 e. The largest absolute Gasteiger partial charge is 0.480 e. The lowest BCUT2D eigenvalue weighted by molar-refractivity contribution is -0.384. The molecule has 0 atom stereocenters. The van der Waals surface area contributed by atoms with Crippen LogP contribution in [0.25, 0.3) is 6.08 Å². The number of hydrogen-bond acceptors (Lipinski definition) is 5. The zero-order chi connectivity index (χ0) is 20.7. The van der Waals surface area contributed by atoms with E-state index in [1.807, 2.05) is 0 Å². The van der Waals surface area contributed by atoms with Gasteiger partial charge in [-0.1, -0.05) is 23.7 Å². The molecule has 0 aliphatic rings. The Morgan fingerprint density at radius 1 is 1.11 bits per heavy atom. The van der Waals surface area contributed by atoms with E-state index in [1.54, 1.807) is 12.1 Å². The highest BCUT2D eigenvalue weighted by Gasteiger charge is 2.17. The highest BCUT2D eigenvalue weighted by Crippen LogP contribution is 2.17. The molecular formula is C18H14ClN3O6. The number of non-ortho nitro benzene ring substituents is 1. The molecule has 0 spiro atoms. The molecule has 0 unspecified atom stereocenters. The van der Waals surface area contributed by atoms with Crippen molar-refractivity contribution in [2.45, 2.75) is 0 Å². The molecule has 28 heavy (non-hydrogen) atoms. The van der Waals surface area contributed by atoms with E-state index in [1.165, 1.54) is 42.5 Å². The average molecular weight is 404 g/mol. The molecule has 10 heteroatoms. The summed E-state index contributed by atoms with van der Waals surface area (Å²) < 4.78 is 0. The molecule has 144 valence electrons. The number of halogens is 1. The molecule has 0 fully saturated rings.